The highest BCUT2D eigenvalue weighted by atomic mass is 16.3. The van der Waals surface area contributed by atoms with Gasteiger partial charge in [0.15, 0.2) is 0 Å². The van der Waals surface area contributed by atoms with Crippen molar-refractivity contribution in [1.29, 1.82) is 0 Å². The fourth-order valence-corrected chi connectivity index (χ4v) is 10.9. The molecule has 0 N–H and O–H groups in total. The molecule has 69 heavy (non-hydrogen) atoms. The Hall–Kier alpha value is -9.18. The molecule has 0 spiro atoms. The lowest BCUT2D eigenvalue weighted by Gasteiger charge is -2.26. The molecule has 14 rings (SSSR count). The van der Waals surface area contributed by atoms with Crippen LogP contribution in [-0.2, 0) is 0 Å². The largest absolute Gasteiger partial charge is 0.455 e. The van der Waals surface area contributed by atoms with Gasteiger partial charge < -0.3 is 13.9 Å². The van der Waals surface area contributed by atoms with Gasteiger partial charge in [-0.05, 0) is 139 Å². The zero-order chi connectivity index (χ0) is 45.4. The fourth-order valence-electron chi connectivity index (χ4n) is 10.9. The lowest BCUT2D eigenvalue weighted by molar-refractivity contribution is 0.670. The second-order valence-corrected chi connectivity index (χ2v) is 18.0. The number of hydrogen-bond acceptors (Lipinski definition) is 2. The second-order valence-electron chi connectivity index (χ2n) is 18.0. The number of rotatable bonds is 7. The number of benzene rings is 12. The van der Waals surface area contributed by atoms with E-state index in [1.807, 2.05) is 12.1 Å². The van der Waals surface area contributed by atoms with Crippen molar-refractivity contribution in [2.24, 2.45) is 0 Å². The summed E-state index contributed by atoms with van der Waals surface area (Å²) in [6.07, 6.45) is 0. The summed E-state index contributed by atoms with van der Waals surface area (Å²) in [5, 5.41) is 12.2. The third-order valence-electron chi connectivity index (χ3n) is 14.2. The molecule has 14 aromatic rings. The Balaban J connectivity index is 0.909. The van der Waals surface area contributed by atoms with Crippen LogP contribution >= 0.6 is 0 Å². The summed E-state index contributed by atoms with van der Waals surface area (Å²) in [7, 11) is 0. The van der Waals surface area contributed by atoms with Crippen LogP contribution in [0.2, 0.25) is 0 Å². The molecule has 12 aromatic carbocycles. The number of anilines is 3. The van der Waals surface area contributed by atoms with Crippen molar-refractivity contribution in [3.05, 3.63) is 255 Å². The SMILES string of the molecule is c1ccc(-c2ccc3c(c2)c2cc(-c4ccc(N(c5ccc(-c6cccc7c6oc6ccccc67)cc5)c5ccc6c7ccccc7c7ccccc7c6c5)cc4)ccc2n3-c2ccccc2)cc1. The first-order chi connectivity index (χ1) is 34.2. The van der Waals surface area contributed by atoms with Gasteiger partial charge in [0.1, 0.15) is 11.2 Å². The Labute approximate surface area is 399 Å². The Bertz CT molecular complexity index is 4240. The third kappa shape index (κ3) is 6.36. The van der Waals surface area contributed by atoms with Gasteiger partial charge in [0.25, 0.3) is 0 Å². The molecule has 0 aliphatic carbocycles. The Morgan fingerprint density at radius 2 is 0.739 bits per heavy atom. The van der Waals surface area contributed by atoms with Gasteiger partial charge >= 0.3 is 0 Å². The Kier molecular flexibility index (Phi) is 8.90. The minimum Gasteiger partial charge on any atom is -0.455 e. The lowest BCUT2D eigenvalue weighted by Crippen LogP contribution is -2.10. The molecule has 2 aromatic heterocycles. The smallest absolute Gasteiger partial charge is 0.143 e. The van der Waals surface area contributed by atoms with Crippen molar-refractivity contribution < 1.29 is 4.42 Å². The van der Waals surface area contributed by atoms with Crippen LogP contribution in [0.3, 0.4) is 0 Å². The lowest BCUT2D eigenvalue weighted by atomic mass is 9.94. The van der Waals surface area contributed by atoms with Gasteiger partial charge in [-0.1, -0.05) is 176 Å². The number of aromatic nitrogens is 1. The Morgan fingerprint density at radius 1 is 0.275 bits per heavy atom. The first-order valence-corrected chi connectivity index (χ1v) is 23.7. The molecule has 0 unspecified atom stereocenters. The number of para-hydroxylation sites is 3. The molecule has 3 heteroatoms. The highest BCUT2D eigenvalue weighted by Crippen LogP contribution is 2.44. The van der Waals surface area contributed by atoms with E-state index in [9.17, 15) is 0 Å². The van der Waals surface area contributed by atoms with Crippen LogP contribution in [0.25, 0.3) is 115 Å². The predicted molar refractivity (Wildman–Crippen MR) is 292 cm³/mol. The van der Waals surface area contributed by atoms with E-state index in [0.717, 1.165) is 61.4 Å². The molecule has 0 saturated carbocycles. The van der Waals surface area contributed by atoms with Gasteiger partial charge in [-0.3, -0.25) is 0 Å². The summed E-state index contributed by atoms with van der Waals surface area (Å²) in [5.74, 6) is 0. The summed E-state index contributed by atoms with van der Waals surface area (Å²) in [5.41, 5.74) is 15.5. The van der Waals surface area contributed by atoms with Gasteiger partial charge in [-0.25, -0.2) is 0 Å². The molecule has 0 radical (unpaired) electrons. The van der Waals surface area contributed by atoms with E-state index >= 15 is 0 Å². The van der Waals surface area contributed by atoms with Crippen molar-refractivity contribution in [3.63, 3.8) is 0 Å². The monoisotopic (exact) mass is 878 g/mol. The van der Waals surface area contributed by atoms with E-state index in [1.165, 1.54) is 70.8 Å². The normalized spacial score (nSPS) is 11.8. The second kappa shape index (κ2) is 15.7. The molecule has 0 saturated heterocycles. The van der Waals surface area contributed by atoms with Gasteiger partial charge in [-0.2, -0.15) is 0 Å². The van der Waals surface area contributed by atoms with Crippen LogP contribution in [0.5, 0.6) is 0 Å². The first kappa shape index (κ1) is 39.0. The predicted octanol–water partition coefficient (Wildman–Crippen LogP) is 18.6. The van der Waals surface area contributed by atoms with Gasteiger partial charge in [0, 0.05) is 49.9 Å². The zero-order valence-corrected chi connectivity index (χ0v) is 37.6. The van der Waals surface area contributed by atoms with E-state index in [-0.39, 0.29) is 0 Å². The molecule has 0 bridgehead atoms. The van der Waals surface area contributed by atoms with Gasteiger partial charge in [0.2, 0.25) is 0 Å². The van der Waals surface area contributed by atoms with Crippen molar-refractivity contribution in [2.45, 2.75) is 0 Å². The zero-order valence-electron chi connectivity index (χ0n) is 37.6. The molecule has 0 aliphatic rings. The quantitative estimate of drug-likeness (QED) is 0.149. The van der Waals surface area contributed by atoms with Crippen molar-refractivity contribution in [3.8, 4) is 39.1 Å². The summed E-state index contributed by atoms with van der Waals surface area (Å²) in [6, 6.07) is 92.5. The highest BCUT2D eigenvalue weighted by Gasteiger charge is 2.19. The molecule has 2 heterocycles. The fraction of sp³-hybridized carbons (Fsp3) is 0. The summed E-state index contributed by atoms with van der Waals surface area (Å²) < 4.78 is 8.88. The Morgan fingerprint density at radius 3 is 1.36 bits per heavy atom. The average molecular weight is 879 g/mol. The highest BCUT2D eigenvalue weighted by molar-refractivity contribution is 6.26. The minimum absolute atomic E-state index is 0.902. The van der Waals surface area contributed by atoms with Crippen LogP contribution in [0.15, 0.2) is 259 Å². The average Bonchev–Trinajstić information content (AvgIpc) is 3.97. The molecule has 0 amide bonds. The van der Waals surface area contributed by atoms with Gasteiger partial charge in [-0.15, -0.1) is 0 Å². The summed E-state index contributed by atoms with van der Waals surface area (Å²) >= 11 is 0. The third-order valence-corrected chi connectivity index (χ3v) is 14.2. The molecule has 0 aliphatic heterocycles. The van der Waals surface area contributed by atoms with Crippen LogP contribution in [0.4, 0.5) is 17.1 Å². The maximum Gasteiger partial charge on any atom is 0.143 e. The van der Waals surface area contributed by atoms with E-state index in [4.69, 9.17) is 4.42 Å². The molecule has 322 valence electrons. The minimum atomic E-state index is 0.902. The van der Waals surface area contributed by atoms with E-state index in [0.29, 0.717) is 0 Å². The van der Waals surface area contributed by atoms with Crippen molar-refractivity contribution in [2.75, 3.05) is 4.90 Å². The van der Waals surface area contributed by atoms with E-state index < -0.39 is 0 Å². The van der Waals surface area contributed by atoms with E-state index in [1.54, 1.807) is 0 Å². The number of fused-ring (bicyclic) bond motifs is 12. The number of hydrogen-bond donors (Lipinski definition) is 0. The summed E-state index contributed by atoms with van der Waals surface area (Å²) in [4.78, 5) is 2.39. The summed E-state index contributed by atoms with van der Waals surface area (Å²) in [6.45, 7) is 0. The standard InChI is InChI=1S/C66H42N2O/c1-3-14-43(15-4-1)46-30-38-63-61(40-46)62-41-47(31-39-64(62)68(63)48-16-5-2-6-17-48)44-26-32-49(33-27-44)67(51-36-37-57-55-20-8-7-18-53(55)54-19-9-10-21-56(54)60(57)42-51)50-34-28-45(29-35-50)52-23-13-24-59-58-22-11-12-25-65(58)69-66(52)59/h1-42H. The maximum absolute atomic E-state index is 6.49. The molecule has 3 nitrogen and oxygen atoms in total. The topological polar surface area (TPSA) is 21.3 Å². The van der Waals surface area contributed by atoms with Crippen molar-refractivity contribution >= 4 is 93.1 Å². The maximum atomic E-state index is 6.49. The van der Waals surface area contributed by atoms with Crippen LogP contribution in [-0.4, -0.2) is 4.57 Å². The van der Waals surface area contributed by atoms with Crippen LogP contribution < -0.4 is 4.90 Å². The molecule has 0 fully saturated rings. The van der Waals surface area contributed by atoms with Crippen LogP contribution in [0, 0.1) is 0 Å². The van der Waals surface area contributed by atoms with Crippen molar-refractivity contribution in [1.82, 2.24) is 4.57 Å². The molecule has 0 atom stereocenters. The number of furan rings is 1. The molecular formula is C66H42N2O. The number of nitrogens with zero attached hydrogens (tertiary/aromatic N) is 2. The van der Waals surface area contributed by atoms with Crippen LogP contribution in [0.1, 0.15) is 0 Å². The van der Waals surface area contributed by atoms with Gasteiger partial charge in [0.05, 0.1) is 11.0 Å². The molecular weight excluding hydrogens is 837 g/mol. The van der Waals surface area contributed by atoms with E-state index in [2.05, 4.69) is 252 Å². The first-order valence-electron chi connectivity index (χ1n) is 23.7.